The second-order valence-corrected chi connectivity index (χ2v) is 6.52. The minimum Gasteiger partial charge on any atom is -0.356 e. The number of anilines is 1. The number of hydrogen-bond donors (Lipinski definition) is 1. The number of rotatable bonds is 4. The lowest BCUT2D eigenvalue weighted by Gasteiger charge is -2.20. The first-order valence-corrected chi connectivity index (χ1v) is 7.06. The largest absolute Gasteiger partial charge is 0.356 e. The lowest BCUT2D eigenvalue weighted by Crippen LogP contribution is -2.23. The zero-order chi connectivity index (χ0) is 12.6. The molecule has 0 amide bonds. The molecule has 0 radical (unpaired) electrons. The van der Waals surface area contributed by atoms with Crippen molar-refractivity contribution in [3.63, 3.8) is 0 Å². The molecule has 1 saturated carbocycles. The summed E-state index contributed by atoms with van der Waals surface area (Å²) in [5.41, 5.74) is 1.73. The fourth-order valence-corrected chi connectivity index (χ4v) is 2.57. The Kier molecular flexibility index (Phi) is 3.02. The summed E-state index contributed by atoms with van der Waals surface area (Å²) >= 11 is 0. The third-order valence-electron chi connectivity index (χ3n) is 3.98. The van der Waals surface area contributed by atoms with Crippen molar-refractivity contribution in [1.82, 2.24) is 10.3 Å². The zero-order valence-corrected chi connectivity index (χ0v) is 11.4. The van der Waals surface area contributed by atoms with Gasteiger partial charge in [-0.1, -0.05) is 19.9 Å². The predicted molar refractivity (Wildman–Crippen MR) is 74.7 cm³/mol. The van der Waals surface area contributed by atoms with Gasteiger partial charge in [0, 0.05) is 31.9 Å². The number of aromatic nitrogens is 1. The smallest absolute Gasteiger partial charge is 0.128 e. The molecule has 0 bridgehead atoms. The van der Waals surface area contributed by atoms with Gasteiger partial charge in [-0.3, -0.25) is 0 Å². The van der Waals surface area contributed by atoms with Crippen LogP contribution in [0.2, 0.25) is 0 Å². The molecule has 18 heavy (non-hydrogen) atoms. The van der Waals surface area contributed by atoms with E-state index in [4.69, 9.17) is 0 Å². The molecule has 1 aliphatic heterocycles. The van der Waals surface area contributed by atoms with E-state index in [1.54, 1.807) is 0 Å². The van der Waals surface area contributed by atoms with Gasteiger partial charge in [-0.15, -0.1) is 0 Å². The average molecular weight is 245 g/mol. The molecule has 0 spiro atoms. The van der Waals surface area contributed by atoms with Crippen molar-refractivity contribution < 1.29 is 0 Å². The second-order valence-electron chi connectivity index (χ2n) is 6.52. The molecule has 1 N–H and O–H groups in total. The Morgan fingerprint density at radius 1 is 1.39 bits per heavy atom. The van der Waals surface area contributed by atoms with Crippen LogP contribution in [0.5, 0.6) is 0 Å². The van der Waals surface area contributed by atoms with E-state index in [0.717, 1.165) is 31.5 Å². The van der Waals surface area contributed by atoms with Crippen LogP contribution in [-0.2, 0) is 6.54 Å². The molecule has 0 aromatic carbocycles. The fourth-order valence-electron chi connectivity index (χ4n) is 2.57. The Morgan fingerprint density at radius 3 is 2.78 bits per heavy atom. The maximum absolute atomic E-state index is 4.61. The van der Waals surface area contributed by atoms with Crippen molar-refractivity contribution >= 4 is 5.82 Å². The summed E-state index contributed by atoms with van der Waals surface area (Å²) in [4.78, 5) is 7.01. The van der Waals surface area contributed by atoms with Gasteiger partial charge < -0.3 is 10.2 Å². The van der Waals surface area contributed by atoms with Crippen LogP contribution in [0.4, 0.5) is 5.82 Å². The lowest BCUT2D eigenvalue weighted by molar-refractivity contribution is 0.418. The normalized spacial score (nSPS) is 22.4. The van der Waals surface area contributed by atoms with E-state index in [2.05, 4.69) is 41.2 Å². The molecule has 2 heterocycles. The van der Waals surface area contributed by atoms with Gasteiger partial charge in [0.2, 0.25) is 0 Å². The second kappa shape index (κ2) is 4.54. The van der Waals surface area contributed by atoms with E-state index < -0.39 is 0 Å². The quantitative estimate of drug-likeness (QED) is 0.883. The molecule has 1 aliphatic carbocycles. The van der Waals surface area contributed by atoms with Crippen molar-refractivity contribution in [2.75, 3.05) is 18.0 Å². The summed E-state index contributed by atoms with van der Waals surface area (Å²) in [5, 5.41) is 3.52. The molecule has 0 unspecified atom stereocenters. The highest BCUT2D eigenvalue weighted by Crippen LogP contribution is 2.31. The van der Waals surface area contributed by atoms with Crippen LogP contribution in [0, 0.1) is 5.41 Å². The van der Waals surface area contributed by atoms with Crippen LogP contribution in [0.3, 0.4) is 0 Å². The maximum Gasteiger partial charge on any atom is 0.128 e. The Hall–Kier alpha value is -1.09. The fraction of sp³-hybridized carbons (Fsp3) is 0.667. The van der Waals surface area contributed by atoms with Gasteiger partial charge in [0.1, 0.15) is 5.82 Å². The standard InChI is InChI=1S/C15H23N3/c1-15(2)7-8-18(11-15)14-6-3-12(10-17-14)9-16-13-4-5-13/h3,6,10,13,16H,4-5,7-9,11H2,1-2H3. The molecule has 1 aromatic rings. The summed E-state index contributed by atoms with van der Waals surface area (Å²) in [6.45, 7) is 7.89. The number of hydrogen-bond acceptors (Lipinski definition) is 3. The average Bonchev–Trinajstić information content (AvgIpc) is 3.11. The number of nitrogens with zero attached hydrogens (tertiary/aromatic N) is 2. The van der Waals surface area contributed by atoms with Crippen molar-refractivity contribution in [2.45, 2.75) is 45.7 Å². The molecule has 98 valence electrons. The molecule has 3 nitrogen and oxygen atoms in total. The third kappa shape index (κ3) is 2.83. The Morgan fingerprint density at radius 2 is 2.22 bits per heavy atom. The SMILES string of the molecule is CC1(C)CCN(c2ccc(CNC3CC3)cn2)C1. The van der Waals surface area contributed by atoms with E-state index in [-0.39, 0.29) is 0 Å². The van der Waals surface area contributed by atoms with Gasteiger partial charge in [0.05, 0.1) is 0 Å². The van der Waals surface area contributed by atoms with Crippen LogP contribution in [0.25, 0.3) is 0 Å². The lowest BCUT2D eigenvalue weighted by atomic mass is 9.93. The van der Waals surface area contributed by atoms with Crippen molar-refractivity contribution in [2.24, 2.45) is 5.41 Å². The highest BCUT2D eigenvalue weighted by atomic mass is 15.2. The van der Waals surface area contributed by atoms with Gasteiger partial charge in [-0.05, 0) is 36.3 Å². The van der Waals surface area contributed by atoms with Crippen LogP contribution < -0.4 is 10.2 Å². The summed E-state index contributed by atoms with van der Waals surface area (Å²) < 4.78 is 0. The Labute approximate surface area is 110 Å². The highest BCUT2D eigenvalue weighted by Gasteiger charge is 2.29. The molecule has 0 atom stereocenters. The molecule has 2 fully saturated rings. The summed E-state index contributed by atoms with van der Waals surface area (Å²) in [6, 6.07) is 5.15. The summed E-state index contributed by atoms with van der Waals surface area (Å²) in [6.07, 6.45) is 5.97. The van der Waals surface area contributed by atoms with Crippen molar-refractivity contribution in [3.8, 4) is 0 Å². The van der Waals surface area contributed by atoms with E-state index in [0.29, 0.717) is 5.41 Å². The molecule has 3 heteroatoms. The van der Waals surface area contributed by atoms with E-state index >= 15 is 0 Å². The van der Waals surface area contributed by atoms with Crippen molar-refractivity contribution in [1.29, 1.82) is 0 Å². The van der Waals surface area contributed by atoms with Gasteiger partial charge in [0.25, 0.3) is 0 Å². The number of nitrogens with one attached hydrogen (secondary N) is 1. The topological polar surface area (TPSA) is 28.2 Å². The monoisotopic (exact) mass is 245 g/mol. The van der Waals surface area contributed by atoms with E-state index in [1.165, 1.54) is 24.8 Å². The zero-order valence-electron chi connectivity index (χ0n) is 11.4. The van der Waals surface area contributed by atoms with Gasteiger partial charge in [-0.25, -0.2) is 4.98 Å². The summed E-state index contributed by atoms with van der Waals surface area (Å²) in [5.74, 6) is 1.13. The van der Waals surface area contributed by atoms with Gasteiger partial charge in [0.15, 0.2) is 0 Å². The van der Waals surface area contributed by atoms with Crippen LogP contribution in [0.1, 0.15) is 38.7 Å². The van der Waals surface area contributed by atoms with Crippen molar-refractivity contribution in [3.05, 3.63) is 23.9 Å². The van der Waals surface area contributed by atoms with Crippen LogP contribution in [-0.4, -0.2) is 24.1 Å². The minimum absolute atomic E-state index is 0.438. The van der Waals surface area contributed by atoms with Crippen LogP contribution in [0.15, 0.2) is 18.3 Å². The maximum atomic E-state index is 4.61. The molecule has 1 saturated heterocycles. The van der Waals surface area contributed by atoms with Gasteiger partial charge in [-0.2, -0.15) is 0 Å². The molecular formula is C15H23N3. The summed E-state index contributed by atoms with van der Waals surface area (Å²) in [7, 11) is 0. The molecular weight excluding hydrogens is 222 g/mol. The van der Waals surface area contributed by atoms with E-state index in [9.17, 15) is 0 Å². The minimum atomic E-state index is 0.438. The van der Waals surface area contributed by atoms with E-state index in [1.807, 2.05) is 6.20 Å². The van der Waals surface area contributed by atoms with Crippen LogP contribution >= 0.6 is 0 Å². The predicted octanol–water partition coefficient (Wildman–Crippen LogP) is 2.57. The van der Waals surface area contributed by atoms with Gasteiger partial charge >= 0.3 is 0 Å². The first kappa shape index (κ1) is 12.0. The number of pyridine rings is 1. The molecule has 1 aromatic heterocycles. The Balaban J connectivity index is 1.60. The highest BCUT2D eigenvalue weighted by molar-refractivity contribution is 5.41. The molecule has 3 rings (SSSR count). The first-order chi connectivity index (χ1) is 8.62. The Bertz CT molecular complexity index is 406. The third-order valence-corrected chi connectivity index (χ3v) is 3.98. The molecule has 2 aliphatic rings. The first-order valence-electron chi connectivity index (χ1n) is 7.06.